The predicted octanol–water partition coefficient (Wildman–Crippen LogP) is 3.87. The van der Waals surface area contributed by atoms with E-state index in [-0.39, 0.29) is 0 Å². The van der Waals surface area contributed by atoms with Gasteiger partial charge in [-0.05, 0) is 30.2 Å². The minimum Gasteiger partial charge on any atom is -0.473 e. The Morgan fingerprint density at radius 3 is 2.57 bits per heavy atom. The zero-order valence-electron chi connectivity index (χ0n) is 11.9. The Bertz CT molecular complexity index is 739. The molecule has 0 aliphatic rings. The fourth-order valence-electron chi connectivity index (χ4n) is 2.34. The van der Waals surface area contributed by atoms with Crippen LogP contribution in [0.25, 0.3) is 10.9 Å². The molecule has 1 aromatic heterocycles. The SMILES string of the molecule is CC(O)c1cccc2nc(OCc3ccccc3)ccc12. The van der Waals surface area contributed by atoms with Gasteiger partial charge in [-0.25, -0.2) is 4.98 Å². The van der Waals surface area contributed by atoms with Crippen molar-refractivity contribution in [1.82, 2.24) is 4.98 Å². The molecular weight excluding hydrogens is 262 g/mol. The summed E-state index contributed by atoms with van der Waals surface area (Å²) < 4.78 is 5.73. The van der Waals surface area contributed by atoms with Crippen molar-refractivity contribution in [3.05, 3.63) is 71.8 Å². The lowest BCUT2D eigenvalue weighted by Gasteiger charge is -2.10. The van der Waals surface area contributed by atoms with Gasteiger partial charge in [-0.2, -0.15) is 0 Å². The maximum Gasteiger partial charge on any atom is 0.214 e. The minimum atomic E-state index is -0.508. The van der Waals surface area contributed by atoms with Crippen LogP contribution in [0.2, 0.25) is 0 Å². The predicted molar refractivity (Wildman–Crippen MR) is 83.2 cm³/mol. The smallest absolute Gasteiger partial charge is 0.214 e. The molecule has 106 valence electrons. The Morgan fingerprint density at radius 1 is 1.00 bits per heavy atom. The van der Waals surface area contributed by atoms with E-state index in [9.17, 15) is 5.11 Å². The molecule has 0 amide bonds. The summed E-state index contributed by atoms with van der Waals surface area (Å²) in [5.74, 6) is 0.592. The van der Waals surface area contributed by atoms with Crippen molar-refractivity contribution >= 4 is 10.9 Å². The molecule has 3 nitrogen and oxygen atoms in total. The maximum absolute atomic E-state index is 9.78. The maximum atomic E-state index is 9.78. The molecule has 3 aromatic rings. The van der Waals surface area contributed by atoms with Gasteiger partial charge < -0.3 is 9.84 Å². The zero-order chi connectivity index (χ0) is 14.7. The molecule has 1 heterocycles. The number of nitrogens with zero attached hydrogens (tertiary/aromatic N) is 1. The number of rotatable bonds is 4. The summed E-state index contributed by atoms with van der Waals surface area (Å²) in [4.78, 5) is 4.50. The number of aliphatic hydroxyl groups is 1. The van der Waals surface area contributed by atoms with Crippen LogP contribution in [0.4, 0.5) is 0 Å². The zero-order valence-corrected chi connectivity index (χ0v) is 11.9. The summed E-state index contributed by atoms with van der Waals surface area (Å²) in [6.07, 6.45) is -0.508. The summed E-state index contributed by atoms with van der Waals surface area (Å²) in [6, 6.07) is 19.5. The summed E-state index contributed by atoms with van der Waals surface area (Å²) in [5, 5.41) is 10.7. The molecule has 2 aromatic carbocycles. The molecule has 1 unspecified atom stereocenters. The van der Waals surface area contributed by atoms with Crippen LogP contribution in [0.3, 0.4) is 0 Å². The number of hydrogen-bond donors (Lipinski definition) is 1. The van der Waals surface area contributed by atoms with Crippen molar-refractivity contribution in [3.8, 4) is 5.88 Å². The van der Waals surface area contributed by atoms with Crippen LogP contribution in [0.15, 0.2) is 60.7 Å². The number of pyridine rings is 1. The van der Waals surface area contributed by atoms with E-state index in [1.807, 2.05) is 60.7 Å². The standard InChI is InChI=1S/C18H17NO2/c1-13(20)15-8-5-9-17-16(15)10-11-18(19-17)21-12-14-6-3-2-4-7-14/h2-11,13,20H,12H2,1H3. The molecule has 0 fully saturated rings. The molecule has 1 atom stereocenters. The lowest BCUT2D eigenvalue weighted by Crippen LogP contribution is -1.98. The van der Waals surface area contributed by atoms with E-state index in [0.717, 1.165) is 22.0 Å². The van der Waals surface area contributed by atoms with E-state index >= 15 is 0 Å². The van der Waals surface area contributed by atoms with Gasteiger partial charge in [0.05, 0.1) is 11.6 Å². The van der Waals surface area contributed by atoms with E-state index in [0.29, 0.717) is 12.5 Å². The van der Waals surface area contributed by atoms with E-state index in [4.69, 9.17) is 4.74 Å². The molecule has 0 bridgehead atoms. The van der Waals surface area contributed by atoms with Crippen LogP contribution >= 0.6 is 0 Å². The van der Waals surface area contributed by atoms with E-state index in [1.54, 1.807) is 6.92 Å². The first-order valence-electron chi connectivity index (χ1n) is 6.98. The third-order valence-corrected chi connectivity index (χ3v) is 3.42. The topological polar surface area (TPSA) is 42.4 Å². The van der Waals surface area contributed by atoms with Crippen LogP contribution in [-0.4, -0.2) is 10.1 Å². The molecule has 1 N–H and O–H groups in total. The van der Waals surface area contributed by atoms with Gasteiger partial charge >= 0.3 is 0 Å². The van der Waals surface area contributed by atoms with Crippen LogP contribution in [0.1, 0.15) is 24.2 Å². The lowest BCUT2D eigenvalue weighted by molar-refractivity contribution is 0.201. The number of aliphatic hydroxyl groups excluding tert-OH is 1. The van der Waals surface area contributed by atoms with Crippen molar-refractivity contribution < 1.29 is 9.84 Å². The molecule has 0 saturated heterocycles. The second-order valence-corrected chi connectivity index (χ2v) is 5.01. The van der Waals surface area contributed by atoms with Crippen molar-refractivity contribution in [3.63, 3.8) is 0 Å². The highest BCUT2D eigenvalue weighted by molar-refractivity contribution is 5.83. The average Bonchev–Trinajstić information content (AvgIpc) is 2.53. The Morgan fingerprint density at radius 2 is 1.81 bits per heavy atom. The van der Waals surface area contributed by atoms with Gasteiger partial charge in [0.2, 0.25) is 5.88 Å². The lowest BCUT2D eigenvalue weighted by atomic mass is 10.0. The van der Waals surface area contributed by atoms with Gasteiger partial charge in [0.25, 0.3) is 0 Å². The van der Waals surface area contributed by atoms with E-state index in [1.165, 1.54) is 0 Å². The highest BCUT2D eigenvalue weighted by Crippen LogP contribution is 2.25. The quantitative estimate of drug-likeness (QED) is 0.788. The number of ether oxygens (including phenoxy) is 1. The van der Waals surface area contributed by atoms with Crippen LogP contribution in [-0.2, 0) is 6.61 Å². The first kappa shape index (κ1) is 13.6. The van der Waals surface area contributed by atoms with Crippen molar-refractivity contribution in [1.29, 1.82) is 0 Å². The van der Waals surface area contributed by atoms with Crippen molar-refractivity contribution in [2.75, 3.05) is 0 Å². The fourth-order valence-corrected chi connectivity index (χ4v) is 2.34. The number of fused-ring (bicyclic) bond motifs is 1. The molecule has 3 rings (SSSR count). The summed E-state index contributed by atoms with van der Waals surface area (Å²) >= 11 is 0. The molecule has 0 spiro atoms. The second-order valence-electron chi connectivity index (χ2n) is 5.01. The Kier molecular flexibility index (Phi) is 3.84. The Hall–Kier alpha value is -2.39. The highest BCUT2D eigenvalue weighted by atomic mass is 16.5. The minimum absolute atomic E-state index is 0.495. The first-order chi connectivity index (χ1) is 10.2. The molecule has 0 aliphatic heterocycles. The van der Waals surface area contributed by atoms with Crippen LogP contribution in [0, 0.1) is 0 Å². The molecular formula is C18H17NO2. The summed E-state index contributed by atoms with van der Waals surface area (Å²) in [6.45, 7) is 2.25. The third-order valence-electron chi connectivity index (χ3n) is 3.42. The molecule has 21 heavy (non-hydrogen) atoms. The Balaban J connectivity index is 1.85. The molecule has 0 saturated carbocycles. The van der Waals surface area contributed by atoms with E-state index in [2.05, 4.69) is 4.98 Å². The summed E-state index contributed by atoms with van der Waals surface area (Å²) in [5.41, 5.74) is 2.82. The van der Waals surface area contributed by atoms with Crippen molar-refractivity contribution in [2.45, 2.75) is 19.6 Å². The molecule has 0 aliphatic carbocycles. The largest absolute Gasteiger partial charge is 0.473 e. The average molecular weight is 279 g/mol. The van der Waals surface area contributed by atoms with Gasteiger partial charge in [-0.1, -0.05) is 42.5 Å². The van der Waals surface area contributed by atoms with Gasteiger partial charge in [-0.15, -0.1) is 0 Å². The highest BCUT2D eigenvalue weighted by Gasteiger charge is 2.08. The number of benzene rings is 2. The first-order valence-corrected chi connectivity index (χ1v) is 6.98. The van der Waals surface area contributed by atoms with Gasteiger partial charge in [0.15, 0.2) is 0 Å². The number of aromatic nitrogens is 1. The van der Waals surface area contributed by atoms with Gasteiger partial charge in [0.1, 0.15) is 6.61 Å². The van der Waals surface area contributed by atoms with Crippen LogP contribution < -0.4 is 4.74 Å². The monoisotopic (exact) mass is 279 g/mol. The van der Waals surface area contributed by atoms with E-state index < -0.39 is 6.10 Å². The van der Waals surface area contributed by atoms with Crippen molar-refractivity contribution in [2.24, 2.45) is 0 Å². The molecule has 3 heteroatoms. The van der Waals surface area contributed by atoms with Gasteiger partial charge in [0, 0.05) is 11.5 Å². The summed E-state index contributed by atoms with van der Waals surface area (Å²) in [7, 11) is 0. The molecule has 0 radical (unpaired) electrons. The normalized spacial score (nSPS) is 12.3. The number of hydrogen-bond acceptors (Lipinski definition) is 3. The second kappa shape index (κ2) is 5.94. The van der Waals surface area contributed by atoms with Gasteiger partial charge in [-0.3, -0.25) is 0 Å². The van der Waals surface area contributed by atoms with Crippen LogP contribution in [0.5, 0.6) is 5.88 Å². The third kappa shape index (κ3) is 3.03. The Labute approximate surface area is 123 Å². The fraction of sp³-hybridized carbons (Fsp3) is 0.167.